The van der Waals surface area contributed by atoms with Gasteiger partial charge in [-0.3, -0.25) is 9.78 Å². The summed E-state index contributed by atoms with van der Waals surface area (Å²) in [4.78, 5) is 26.8. The van der Waals surface area contributed by atoms with E-state index < -0.39 is 12.1 Å². The fourth-order valence-corrected chi connectivity index (χ4v) is 5.39. The zero-order valence-corrected chi connectivity index (χ0v) is 20.9. The SMILES string of the molecule is COc1ccc2nccc(C(O)CC[C@@H]3CCN(CCCc4ncccn4)C[C@@H]3CCC(=O)O)c2c1. The molecule has 2 N–H and O–H groups in total. The van der Waals surface area contributed by atoms with E-state index in [9.17, 15) is 15.0 Å². The average Bonchev–Trinajstić information content (AvgIpc) is 2.91. The summed E-state index contributed by atoms with van der Waals surface area (Å²) in [7, 11) is 1.63. The molecule has 1 fully saturated rings. The quantitative estimate of drug-likeness (QED) is 0.386. The summed E-state index contributed by atoms with van der Waals surface area (Å²) in [6.45, 7) is 2.86. The Hall–Kier alpha value is -3.10. The normalized spacial score (nSPS) is 19.3. The van der Waals surface area contributed by atoms with Crippen molar-refractivity contribution in [1.82, 2.24) is 19.9 Å². The smallest absolute Gasteiger partial charge is 0.303 e. The number of hydrogen-bond donors (Lipinski definition) is 2. The van der Waals surface area contributed by atoms with Crippen molar-refractivity contribution in [2.45, 2.75) is 51.0 Å². The third kappa shape index (κ3) is 6.98. The minimum absolute atomic E-state index is 0.185. The van der Waals surface area contributed by atoms with Gasteiger partial charge in [0.05, 0.1) is 18.7 Å². The molecule has 1 saturated heterocycles. The van der Waals surface area contributed by atoms with Crippen molar-refractivity contribution in [1.29, 1.82) is 0 Å². The number of aromatic nitrogens is 3. The van der Waals surface area contributed by atoms with E-state index in [-0.39, 0.29) is 6.42 Å². The second-order valence-corrected chi connectivity index (χ2v) is 9.69. The summed E-state index contributed by atoms with van der Waals surface area (Å²) in [5.74, 6) is 1.57. The van der Waals surface area contributed by atoms with Gasteiger partial charge < -0.3 is 19.8 Å². The molecular weight excluding hydrogens is 456 g/mol. The number of carboxylic acids is 1. The van der Waals surface area contributed by atoms with E-state index in [1.807, 2.05) is 30.3 Å². The molecule has 1 aromatic carbocycles. The van der Waals surface area contributed by atoms with E-state index in [1.54, 1.807) is 25.7 Å². The maximum atomic E-state index is 11.3. The maximum Gasteiger partial charge on any atom is 0.303 e. The number of rotatable bonds is 12. The molecule has 3 heterocycles. The minimum Gasteiger partial charge on any atom is -0.497 e. The molecule has 4 rings (SSSR count). The zero-order valence-electron chi connectivity index (χ0n) is 20.9. The molecule has 0 amide bonds. The van der Waals surface area contributed by atoms with Gasteiger partial charge in [-0.25, -0.2) is 9.97 Å². The van der Waals surface area contributed by atoms with Crippen LogP contribution in [0.5, 0.6) is 5.75 Å². The number of hydrogen-bond acceptors (Lipinski definition) is 7. The summed E-state index contributed by atoms with van der Waals surface area (Å²) in [6.07, 6.45) is 9.88. The molecule has 1 aliphatic heterocycles. The highest BCUT2D eigenvalue weighted by molar-refractivity contribution is 5.83. The van der Waals surface area contributed by atoms with E-state index in [0.29, 0.717) is 24.7 Å². The van der Waals surface area contributed by atoms with E-state index in [2.05, 4.69) is 19.9 Å². The molecule has 8 heteroatoms. The van der Waals surface area contributed by atoms with Crippen LogP contribution < -0.4 is 4.74 Å². The van der Waals surface area contributed by atoms with Gasteiger partial charge in [-0.15, -0.1) is 0 Å². The van der Waals surface area contributed by atoms with Crippen molar-refractivity contribution in [3.63, 3.8) is 0 Å². The van der Waals surface area contributed by atoms with Crippen molar-refractivity contribution in [2.75, 3.05) is 26.7 Å². The first-order valence-corrected chi connectivity index (χ1v) is 12.8. The number of aliphatic carboxylic acids is 1. The largest absolute Gasteiger partial charge is 0.497 e. The number of methoxy groups -OCH3 is 1. The van der Waals surface area contributed by atoms with Crippen LogP contribution >= 0.6 is 0 Å². The molecule has 1 aliphatic rings. The van der Waals surface area contributed by atoms with E-state index >= 15 is 0 Å². The van der Waals surface area contributed by atoms with Gasteiger partial charge in [-0.05, 0) is 92.9 Å². The Balaban J connectivity index is 1.35. The van der Waals surface area contributed by atoms with Crippen LogP contribution in [0.25, 0.3) is 10.9 Å². The van der Waals surface area contributed by atoms with Crippen LogP contribution in [0.3, 0.4) is 0 Å². The number of carbonyl (C=O) groups is 1. The molecule has 3 aromatic rings. The predicted octanol–water partition coefficient (Wildman–Crippen LogP) is 4.28. The monoisotopic (exact) mass is 492 g/mol. The molecular formula is C28H36N4O4. The molecule has 3 atom stereocenters. The molecule has 0 bridgehead atoms. The van der Waals surface area contributed by atoms with Crippen LogP contribution in [0.2, 0.25) is 0 Å². The number of benzene rings is 1. The molecule has 0 radical (unpaired) electrons. The predicted molar refractivity (Wildman–Crippen MR) is 138 cm³/mol. The van der Waals surface area contributed by atoms with Gasteiger partial charge >= 0.3 is 5.97 Å². The topological polar surface area (TPSA) is 109 Å². The number of piperidine rings is 1. The van der Waals surface area contributed by atoms with Crippen LogP contribution in [0.4, 0.5) is 0 Å². The van der Waals surface area contributed by atoms with E-state index in [0.717, 1.165) is 73.4 Å². The van der Waals surface area contributed by atoms with Crippen LogP contribution in [-0.4, -0.2) is 62.8 Å². The fraction of sp³-hybridized carbons (Fsp3) is 0.500. The van der Waals surface area contributed by atoms with Crippen molar-refractivity contribution in [2.24, 2.45) is 11.8 Å². The maximum absolute atomic E-state index is 11.3. The number of pyridine rings is 1. The Morgan fingerprint density at radius 1 is 1.14 bits per heavy atom. The number of ether oxygens (including phenoxy) is 1. The Kier molecular flexibility index (Phi) is 9.19. The first-order valence-electron chi connectivity index (χ1n) is 12.8. The highest BCUT2D eigenvalue weighted by Crippen LogP contribution is 2.35. The Morgan fingerprint density at radius 2 is 1.97 bits per heavy atom. The van der Waals surface area contributed by atoms with E-state index in [1.165, 1.54) is 0 Å². The van der Waals surface area contributed by atoms with Gasteiger partial charge in [0, 0.05) is 43.4 Å². The van der Waals surface area contributed by atoms with Crippen molar-refractivity contribution < 1.29 is 19.7 Å². The van der Waals surface area contributed by atoms with Crippen LogP contribution in [0.1, 0.15) is 56.0 Å². The van der Waals surface area contributed by atoms with Gasteiger partial charge in [-0.2, -0.15) is 0 Å². The molecule has 1 unspecified atom stereocenters. The Morgan fingerprint density at radius 3 is 2.75 bits per heavy atom. The first kappa shape index (κ1) is 26.0. The number of carboxylic acid groups (broad SMARTS) is 1. The lowest BCUT2D eigenvalue weighted by molar-refractivity contribution is -0.137. The number of fused-ring (bicyclic) bond motifs is 1. The number of aliphatic hydroxyl groups is 1. The summed E-state index contributed by atoms with van der Waals surface area (Å²) >= 11 is 0. The number of aliphatic hydroxyl groups excluding tert-OH is 1. The molecule has 0 saturated carbocycles. The molecule has 192 valence electrons. The van der Waals surface area contributed by atoms with Crippen LogP contribution in [0, 0.1) is 11.8 Å². The van der Waals surface area contributed by atoms with Gasteiger partial charge in [0.25, 0.3) is 0 Å². The van der Waals surface area contributed by atoms with Crippen LogP contribution in [0.15, 0.2) is 48.9 Å². The number of likely N-dealkylation sites (tertiary alicyclic amines) is 1. The van der Waals surface area contributed by atoms with Gasteiger partial charge in [0.1, 0.15) is 11.6 Å². The second-order valence-electron chi connectivity index (χ2n) is 9.69. The van der Waals surface area contributed by atoms with Gasteiger partial charge in [0.2, 0.25) is 0 Å². The minimum atomic E-state index is -0.746. The van der Waals surface area contributed by atoms with Crippen molar-refractivity contribution >= 4 is 16.9 Å². The summed E-state index contributed by atoms with van der Waals surface area (Å²) in [5, 5.41) is 21.3. The molecule has 8 nitrogen and oxygen atoms in total. The van der Waals surface area contributed by atoms with Gasteiger partial charge in [-0.1, -0.05) is 0 Å². The lowest BCUT2D eigenvalue weighted by Gasteiger charge is -2.39. The molecule has 2 aromatic heterocycles. The first-order chi connectivity index (χ1) is 17.5. The zero-order chi connectivity index (χ0) is 25.3. The number of aryl methyl sites for hydroxylation is 1. The molecule has 0 aliphatic carbocycles. The fourth-order valence-electron chi connectivity index (χ4n) is 5.39. The lowest BCUT2D eigenvalue weighted by atomic mass is 9.79. The molecule has 0 spiro atoms. The second kappa shape index (κ2) is 12.7. The average molecular weight is 493 g/mol. The number of nitrogens with zero attached hydrogens (tertiary/aromatic N) is 4. The summed E-state index contributed by atoms with van der Waals surface area (Å²) in [6, 6.07) is 9.42. The van der Waals surface area contributed by atoms with Crippen LogP contribution in [-0.2, 0) is 11.2 Å². The Labute approximate surface area is 212 Å². The Bertz CT molecular complexity index is 1130. The lowest BCUT2D eigenvalue weighted by Crippen LogP contribution is -2.41. The van der Waals surface area contributed by atoms with Gasteiger partial charge in [0.15, 0.2) is 0 Å². The highest BCUT2D eigenvalue weighted by Gasteiger charge is 2.30. The third-order valence-corrected chi connectivity index (χ3v) is 7.35. The summed E-state index contributed by atoms with van der Waals surface area (Å²) in [5.41, 5.74) is 1.70. The third-order valence-electron chi connectivity index (χ3n) is 7.35. The molecule has 36 heavy (non-hydrogen) atoms. The summed E-state index contributed by atoms with van der Waals surface area (Å²) < 4.78 is 5.37. The van der Waals surface area contributed by atoms with Crippen molar-refractivity contribution in [3.05, 3.63) is 60.3 Å². The standard InChI is InChI=1S/C28H36N4O4/c1-36-22-7-8-25-24(18-22)23(11-15-29-25)26(33)9-5-20-12-17-32(19-21(20)6-10-28(34)35)16-2-4-27-30-13-3-14-31-27/h3,7-8,11,13-15,18,20-21,26,33H,2,4-6,9-10,12,16-17,19H2,1H3,(H,34,35)/t20-,21+,26?/m1/s1. The van der Waals surface area contributed by atoms with E-state index in [4.69, 9.17) is 4.74 Å². The highest BCUT2D eigenvalue weighted by atomic mass is 16.5. The van der Waals surface area contributed by atoms with Crippen molar-refractivity contribution in [3.8, 4) is 5.75 Å².